The molecule has 0 bridgehead atoms. The fraction of sp³-hybridized carbons (Fsp3) is 0.409. The first-order valence-corrected chi connectivity index (χ1v) is 8.97. The molecule has 134 valence electrons. The molecule has 0 aromatic heterocycles. The van der Waals surface area contributed by atoms with E-state index in [0.717, 1.165) is 19.1 Å². The number of benzene rings is 2. The van der Waals surface area contributed by atoms with Crippen LogP contribution in [0.1, 0.15) is 36.8 Å². The molecular formula is C22H30N2O. The Morgan fingerprint density at radius 3 is 1.48 bits per heavy atom. The molecule has 25 heavy (non-hydrogen) atoms. The topological polar surface area (TPSA) is 23.6 Å². The smallest absolute Gasteiger partial charge is 0.124 e. The van der Waals surface area contributed by atoms with Gasteiger partial charge in [0.25, 0.3) is 0 Å². The minimum atomic E-state index is 0.000382. The molecule has 0 saturated heterocycles. The average molecular weight is 338 g/mol. The Kier molecular flexibility index (Phi) is 6.63. The van der Waals surface area contributed by atoms with E-state index >= 15 is 0 Å². The highest BCUT2D eigenvalue weighted by Crippen LogP contribution is 2.35. The summed E-state index contributed by atoms with van der Waals surface area (Å²) in [6.45, 7) is 2.14. The zero-order valence-electron chi connectivity index (χ0n) is 16.1. The fourth-order valence-corrected chi connectivity index (χ4v) is 3.29. The molecule has 0 N–H and O–H groups in total. The van der Waals surface area contributed by atoms with Gasteiger partial charge in [-0.3, -0.25) is 0 Å². The van der Waals surface area contributed by atoms with Crippen molar-refractivity contribution in [3.63, 3.8) is 0 Å². The Morgan fingerprint density at radius 1 is 0.800 bits per heavy atom. The number of anilines is 2. The van der Waals surface area contributed by atoms with Crippen molar-refractivity contribution in [3.05, 3.63) is 59.7 Å². The second kappa shape index (κ2) is 8.70. The van der Waals surface area contributed by atoms with Gasteiger partial charge in [-0.15, -0.1) is 0 Å². The van der Waals surface area contributed by atoms with Crippen LogP contribution in [0.3, 0.4) is 0 Å². The van der Waals surface area contributed by atoms with Crippen molar-refractivity contribution in [1.82, 2.24) is 0 Å². The molecule has 0 aliphatic rings. The van der Waals surface area contributed by atoms with Gasteiger partial charge in [0.1, 0.15) is 6.29 Å². The first-order valence-electron chi connectivity index (χ1n) is 8.97. The van der Waals surface area contributed by atoms with Crippen molar-refractivity contribution in [2.75, 3.05) is 38.0 Å². The highest BCUT2D eigenvalue weighted by Gasteiger charge is 2.24. The van der Waals surface area contributed by atoms with Crippen LogP contribution in [0.25, 0.3) is 0 Å². The SMILES string of the molecule is CCC[C@@H](C=O)C(c1ccc(N(C)C)cc1)c1ccc(N(C)C)cc1. The number of rotatable bonds is 8. The van der Waals surface area contributed by atoms with Crippen LogP contribution in [0, 0.1) is 5.92 Å². The van der Waals surface area contributed by atoms with Gasteiger partial charge in [0.05, 0.1) is 0 Å². The molecule has 0 radical (unpaired) electrons. The predicted molar refractivity (Wildman–Crippen MR) is 108 cm³/mol. The molecule has 0 fully saturated rings. The Labute approximate surface area is 152 Å². The van der Waals surface area contributed by atoms with Crippen molar-refractivity contribution in [2.24, 2.45) is 5.92 Å². The first-order chi connectivity index (χ1) is 12.0. The lowest BCUT2D eigenvalue weighted by atomic mass is 9.79. The molecule has 0 aliphatic carbocycles. The van der Waals surface area contributed by atoms with E-state index in [9.17, 15) is 4.79 Å². The molecule has 3 heteroatoms. The van der Waals surface area contributed by atoms with E-state index in [1.807, 2.05) is 28.2 Å². The summed E-state index contributed by atoms with van der Waals surface area (Å²) in [6, 6.07) is 17.2. The summed E-state index contributed by atoms with van der Waals surface area (Å²) in [4.78, 5) is 16.0. The van der Waals surface area contributed by atoms with Crippen LogP contribution in [-0.2, 0) is 4.79 Å². The number of aldehydes is 1. The van der Waals surface area contributed by atoms with Crippen LogP contribution in [-0.4, -0.2) is 34.5 Å². The molecule has 3 nitrogen and oxygen atoms in total. The minimum absolute atomic E-state index is 0.000382. The third-order valence-corrected chi connectivity index (χ3v) is 4.76. The Morgan fingerprint density at radius 2 is 1.20 bits per heavy atom. The lowest BCUT2D eigenvalue weighted by Crippen LogP contribution is -2.17. The number of nitrogens with zero attached hydrogens (tertiary/aromatic N) is 2. The molecule has 0 aliphatic heterocycles. The van der Waals surface area contributed by atoms with Crippen LogP contribution in [0.4, 0.5) is 11.4 Å². The lowest BCUT2D eigenvalue weighted by Gasteiger charge is -2.25. The second-order valence-electron chi connectivity index (χ2n) is 7.04. The van der Waals surface area contributed by atoms with E-state index in [-0.39, 0.29) is 11.8 Å². The van der Waals surface area contributed by atoms with Crippen molar-refractivity contribution < 1.29 is 4.79 Å². The standard InChI is InChI=1S/C22H30N2O/c1-6-7-19(16-25)22(17-8-12-20(13-9-17)23(2)3)18-10-14-21(15-11-18)24(4)5/h8-16,19,22H,6-7H2,1-5H3/t19-/m0/s1. The lowest BCUT2D eigenvalue weighted by molar-refractivity contribution is -0.111. The van der Waals surface area contributed by atoms with Crippen LogP contribution < -0.4 is 9.80 Å². The normalized spacial score (nSPS) is 12.1. The molecule has 1 atom stereocenters. The average Bonchev–Trinajstić information content (AvgIpc) is 2.62. The summed E-state index contributed by atoms with van der Waals surface area (Å²) in [5.41, 5.74) is 4.75. The van der Waals surface area contributed by atoms with Gasteiger partial charge in [0.2, 0.25) is 0 Å². The van der Waals surface area contributed by atoms with Gasteiger partial charge in [-0.25, -0.2) is 0 Å². The van der Waals surface area contributed by atoms with Crippen molar-refractivity contribution in [2.45, 2.75) is 25.7 Å². The molecular weight excluding hydrogens is 308 g/mol. The largest absolute Gasteiger partial charge is 0.378 e. The van der Waals surface area contributed by atoms with Crippen LogP contribution in [0.2, 0.25) is 0 Å². The van der Waals surface area contributed by atoms with E-state index < -0.39 is 0 Å². The highest BCUT2D eigenvalue weighted by atomic mass is 16.1. The maximum absolute atomic E-state index is 11.8. The Bertz CT molecular complexity index is 608. The van der Waals surface area contributed by atoms with E-state index in [2.05, 4.69) is 65.3 Å². The zero-order chi connectivity index (χ0) is 18.4. The molecule has 2 rings (SSSR count). The van der Waals surface area contributed by atoms with Gasteiger partial charge in [0, 0.05) is 51.4 Å². The third kappa shape index (κ3) is 4.62. The van der Waals surface area contributed by atoms with Crippen LogP contribution in [0.15, 0.2) is 48.5 Å². The fourth-order valence-electron chi connectivity index (χ4n) is 3.29. The number of hydrogen-bond donors (Lipinski definition) is 0. The van der Waals surface area contributed by atoms with Crippen LogP contribution >= 0.6 is 0 Å². The number of hydrogen-bond acceptors (Lipinski definition) is 3. The van der Waals surface area contributed by atoms with Gasteiger partial charge in [0.15, 0.2) is 0 Å². The third-order valence-electron chi connectivity index (χ3n) is 4.76. The van der Waals surface area contributed by atoms with Gasteiger partial charge in [-0.2, -0.15) is 0 Å². The zero-order valence-corrected chi connectivity index (χ0v) is 16.1. The van der Waals surface area contributed by atoms with Crippen molar-refractivity contribution >= 4 is 17.7 Å². The Hall–Kier alpha value is -2.29. The molecule has 0 spiro atoms. The van der Waals surface area contributed by atoms with E-state index in [0.29, 0.717) is 0 Å². The summed E-state index contributed by atoms with van der Waals surface area (Å²) in [7, 11) is 8.16. The van der Waals surface area contributed by atoms with Crippen molar-refractivity contribution in [3.8, 4) is 0 Å². The van der Waals surface area contributed by atoms with E-state index in [1.54, 1.807) is 0 Å². The molecule has 0 saturated carbocycles. The highest BCUT2D eigenvalue weighted by molar-refractivity contribution is 5.60. The first kappa shape index (κ1) is 19.0. The maximum atomic E-state index is 11.8. The molecule has 2 aromatic carbocycles. The second-order valence-corrected chi connectivity index (χ2v) is 7.04. The number of carbonyl (C=O) groups is 1. The van der Waals surface area contributed by atoms with E-state index in [1.165, 1.54) is 22.5 Å². The monoisotopic (exact) mass is 338 g/mol. The maximum Gasteiger partial charge on any atom is 0.124 e. The minimum Gasteiger partial charge on any atom is -0.378 e. The Balaban J connectivity index is 2.43. The summed E-state index contributed by atoms with van der Waals surface area (Å²) in [5, 5.41) is 0. The predicted octanol–water partition coefficient (Wildman–Crippen LogP) is 4.57. The molecule has 0 amide bonds. The van der Waals surface area contributed by atoms with Gasteiger partial charge < -0.3 is 14.6 Å². The summed E-state index contributed by atoms with van der Waals surface area (Å²) in [5.74, 6) is 0.102. The molecule has 0 unspecified atom stereocenters. The van der Waals surface area contributed by atoms with Gasteiger partial charge >= 0.3 is 0 Å². The molecule has 2 aromatic rings. The van der Waals surface area contributed by atoms with E-state index in [4.69, 9.17) is 0 Å². The quantitative estimate of drug-likeness (QED) is 0.659. The van der Waals surface area contributed by atoms with Crippen LogP contribution in [0.5, 0.6) is 0 Å². The van der Waals surface area contributed by atoms with Gasteiger partial charge in [-0.05, 0) is 41.8 Å². The molecule has 0 heterocycles. The summed E-state index contributed by atoms with van der Waals surface area (Å²) in [6.07, 6.45) is 3.04. The summed E-state index contributed by atoms with van der Waals surface area (Å²) < 4.78 is 0. The summed E-state index contributed by atoms with van der Waals surface area (Å²) >= 11 is 0. The number of carbonyl (C=O) groups excluding carboxylic acids is 1. The van der Waals surface area contributed by atoms with Crippen molar-refractivity contribution in [1.29, 1.82) is 0 Å². The van der Waals surface area contributed by atoms with Gasteiger partial charge in [-0.1, -0.05) is 37.6 Å².